The van der Waals surface area contributed by atoms with Gasteiger partial charge in [-0.1, -0.05) is 0 Å². The summed E-state index contributed by atoms with van der Waals surface area (Å²) in [5.74, 6) is 0.650. The number of anilines is 1. The van der Waals surface area contributed by atoms with Crippen molar-refractivity contribution in [3.05, 3.63) is 45.9 Å². The standard InChI is InChI=1S/C21H19BrN2O6S/c1-27-12-5-6-15(18(9-12)30-4)24-20(26)13(19(25)23-21(24)31)7-11-8-14(22)17(29-3)10-16(11)28-2/h5-10H,1-4H3,(H,23,25,31)/b13-7+. The third kappa shape index (κ3) is 4.35. The molecule has 0 saturated carbocycles. The third-order valence-corrected chi connectivity index (χ3v) is 5.44. The lowest BCUT2D eigenvalue weighted by molar-refractivity contribution is -0.122. The first-order valence-corrected chi connectivity index (χ1v) is 10.1. The van der Waals surface area contributed by atoms with Gasteiger partial charge in [-0.2, -0.15) is 0 Å². The topological polar surface area (TPSA) is 86.3 Å². The molecule has 10 heteroatoms. The van der Waals surface area contributed by atoms with Gasteiger partial charge in [0, 0.05) is 17.7 Å². The molecule has 2 amide bonds. The molecule has 162 valence electrons. The summed E-state index contributed by atoms with van der Waals surface area (Å²) in [6.45, 7) is 0. The maximum Gasteiger partial charge on any atom is 0.270 e. The van der Waals surface area contributed by atoms with E-state index in [2.05, 4.69) is 21.2 Å². The molecular weight excluding hydrogens is 488 g/mol. The highest BCUT2D eigenvalue weighted by Crippen LogP contribution is 2.36. The Hall–Kier alpha value is -3.11. The average molecular weight is 507 g/mol. The lowest BCUT2D eigenvalue weighted by Crippen LogP contribution is -2.54. The molecule has 1 fully saturated rings. The first-order valence-electron chi connectivity index (χ1n) is 8.89. The van der Waals surface area contributed by atoms with E-state index in [1.807, 2.05) is 0 Å². The molecule has 1 aliphatic heterocycles. The van der Waals surface area contributed by atoms with E-state index in [0.29, 0.717) is 38.7 Å². The number of thiocarbonyl (C=S) groups is 1. The number of rotatable bonds is 6. The summed E-state index contributed by atoms with van der Waals surface area (Å²) in [6, 6.07) is 8.25. The molecule has 1 saturated heterocycles. The van der Waals surface area contributed by atoms with Crippen LogP contribution in [0.2, 0.25) is 0 Å². The van der Waals surface area contributed by atoms with Crippen molar-refractivity contribution >= 4 is 56.8 Å². The van der Waals surface area contributed by atoms with E-state index < -0.39 is 11.8 Å². The smallest absolute Gasteiger partial charge is 0.270 e. The second-order valence-corrected chi connectivity index (χ2v) is 7.47. The molecule has 0 atom stereocenters. The second kappa shape index (κ2) is 9.36. The van der Waals surface area contributed by atoms with Gasteiger partial charge >= 0.3 is 0 Å². The Kier molecular flexibility index (Phi) is 6.81. The van der Waals surface area contributed by atoms with Crippen molar-refractivity contribution < 1.29 is 28.5 Å². The van der Waals surface area contributed by atoms with E-state index in [-0.39, 0.29) is 10.7 Å². The number of nitrogens with one attached hydrogen (secondary N) is 1. The number of ether oxygens (including phenoxy) is 4. The molecule has 0 unspecified atom stereocenters. The summed E-state index contributed by atoms with van der Waals surface area (Å²) in [4.78, 5) is 27.1. The van der Waals surface area contributed by atoms with Crippen LogP contribution in [-0.4, -0.2) is 45.4 Å². The van der Waals surface area contributed by atoms with E-state index in [1.54, 1.807) is 30.3 Å². The van der Waals surface area contributed by atoms with Crippen LogP contribution >= 0.6 is 28.1 Å². The highest BCUT2D eigenvalue weighted by molar-refractivity contribution is 9.10. The van der Waals surface area contributed by atoms with Crippen LogP contribution in [0.3, 0.4) is 0 Å². The highest BCUT2D eigenvalue weighted by atomic mass is 79.9. The van der Waals surface area contributed by atoms with Gasteiger partial charge in [-0.05, 0) is 52.4 Å². The van der Waals surface area contributed by atoms with Crippen LogP contribution in [0.1, 0.15) is 5.56 Å². The van der Waals surface area contributed by atoms with E-state index in [4.69, 9.17) is 31.2 Å². The highest BCUT2D eigenvalue weighted by Gasteiger charge is 2.36. The quantitative estimate of drug-likeness (QED) is 0.365. The molecule has 0 spiro atoms. The van der Waals surface area contributed by atoms with Crippen molar-refractivity contribution in [2.24, 2.45) is 0 Å². The Balaban J connectivity index is 2.10. The third-order valence-electron chi connectivity index (χ3n) is 4.53. The normalized spacial score (nSPS) is 15.1. The Bertz CT molecular complexity index is 1100. The Morgan fingerprint density at radius 3 is 2.23 bits per heavy atom. The summed E-state index contributed by atoms with van der Waals surface area (Å²) in [6.07, 6.45) is 1.44. The van der Waals surface area contributed by atoms with E-state index in [0.717, 1.165) is 0 Å². The van der Waals surface area contributed by atoms with Crippen LogP contribution in [0.5, 0.6) is 23.0 Å². The SMILES string of the molecule is COc1ccc(N2C(=O)/C(=C/c3cc(Br)c(OC)cc3OC)C(=O)NC2=S)c(OC)c1. The predicted octanol–water partition coefficient (Wildman–Crippen LogP) is 3.31. The minimum Gasteiger partial charge on any atom is -0.497 e. The molecule has 1 heterocycles. The molecule has 1 aliphatic rings. The number of amides is 2. The van der Waals surface area contributed by atoms with Gasteiger partial charge in [0.1, 0.15) is 28.6 Å². The Morgan fingerprint density at radius 2 is 1.61 bits per heavy atom. The fraction of sp³-hybridized carbons (Fsp3) is 0.190. The van der Waals surface area contributed by atoms with Crippen LogP contribution in [-0.2, 0) is 9.59 Å². The van der Waals surface area contributed by atoms with Crippen LogP contribution in [0, 0.1) is 0 Å². The summed E-state index contributed by atoms with van der Waals surface area (Å²) >= 11 is 8.66. The van der Waals surface area contributed by atoms with Gasteiger partial charge < -0.3 is 18.9 Å². The molecule has 3 rings (SSSR count). The largest absolute Gasteiger partial charge is 0.497 e. The van der Waals surface area contributed by atoms with E-state index in [1.165, 1.54) is 39.4 Å². The lowest BCUT2D eigenvalue weighted by atomic mass is 10.1. The molecule has 31 heavy (non-hydrogen) atoms. The number of hydrogen-bond acceptors (Lipinski definition) is 7. The second-order valence-electron chi connectivity index (χ2n) is 6.22. The van der Waals surface area contributed by atoms with Crippen molar-refractivity contribution in [2.45, 2.75) is 0 Å². The van der Waals surface area contributed by atoms with Crippen molar-refractivity contribution in [1.29, 1.82) is 0 Å². The maximum atomic E-state index is 13.3. The van der Waals surface area contributed by atoms with Gasteiger partial charge in [-0.15, -0.1) is 0 Å². The average Bonchev–Trinajstić information content (AvgIpc) is 2.76. The molecule has 2 aromatic carbocycles. The Morgan fingerprint density at radius 1 is 0.935 bits per heavy atom. The minimum absolute atomic E-state index is 0.0570. The summed E-state index contributed by atoms with van der Waals surface area (Å²) < 4.78 is 21.9. The van der Waals surface area contributed by atoms with Crippen molar-refractivity contribution in [3.63, 3.8) is 0 Å². The van der Waals surface area contributed by atoms with Crippen molar-refractivity contribution in [2.75, 3.05) is 33.3 Å². The monoisotopic (exact) mass is 506 g/mol. The van der Waals surface area contributed by atoms with Crippen molar-refractivity contribution in [3.8, 4) is 23.0 Å². The number of methoxy groups -OCH3 is 4. The summed E-state index contributed by atoms with van der Waals surface area (Å²) in [5, 5.41) is 2.49. The molecule has 0 bridgehead atoms. The van der Waals surface area contributed by atoms with Gasteiger partial charge in [0.25, 0.3) is 11.8 Å². The number of carbonyl (C=O) groups is 2. The van der Waals surface area contributed by atoms with Crippen LogP contribution in [0.15, 0.2) is 40.4 Å². The van der Waals surface area contributed by atoms with E-state index in [9.17, 15) is 9.59 Å². The molecule has 0 radical (unpaired) electrons. The van der Waals surface area contributed by atoms with Gasteiger partial charge in [-0.25, -0.2) is 4.90 Å². The number of nitrogens with zero attached hydrogens (tertiary/aromatic N) is 1. The number of benzene rings is 2. The number of carbonyl (C=O) groups excluding carboxylic acids is 2. The van der Waals surface area contributed by atoms with Crippen LogP contribution in [0.25, 0.3) is 6.08 Å². The molecule has 8 nitrogen and oxygen atoms in total. The molecule has 1 N–H and O–H groups in total. The first kappa shape index (κ1) is 22.6. The van der Waals surface area contributed by atoms with Crippen molar-refractivity contribution in [1.82, 2.24) is 5.32 Å². The molecule has 2 aromatic rings. The van der Waals surface area contributed by atoms with E-state index >= 15 is 0 Å². The van der Waals surface area contributed by atoms with Crippen LogP contribution < -0.4 is 29.2 Å². The Labute approximate surface area is 192 Å². The van der Waals surface area contributed by atoms with Gasteiger partial charge in [0.05, 0.1) is 38.6 Å². The maximum absolute atomic E-state index is 13.3. The van der Waals surface area contributed by atoms with Crippen LogP contribution in [0.4, 0.5) is 5.69 Å². The van der Waals surface area contributed by atoms with Gasteiger partial charge in [-0.3, -0.25) is 14.9 Å². The molecule has 0 aromatic heterocycles. The van der Waals surface area contributed by atoms with Gasteiger partial charge in [0.15, 0.2) is 5.11 Å². The summed E-state index contributed by atoms with van der Waals surface area (Å²) in [7, 11) is 5.99. The fourth-order valence-electron chi connectivity index (χ4n) is 3.00. The zero-order valence-electron chi connectivity index (χ0n) is 17.1. The first-order chi connectivity index (χ1) is 14.8. The summed E-state index contributed by atoms with van der Waals surface area (Å²) in [5.41, 5.74) is 0.747. The number of halogens is 1. The fourth-order valence-corrected chi connectivity index (χ4v) is 3.79. The predicted molar refractivity (Wildman–Crippen MR) is 123 cm³/mol. The minimum atomic E-state index is -0.618. The molecular formula is C21H19BrN2O6S. The molecule has 0 aliphatic carbocycles. The lowest BCUT2D eigenvalue weighted by Gasteiger charge is -2.30. The zero-order valence-corrected chi connectivity index (χ0v) is 19.5. The number of hydrogen-bond donors (Lipinski definition) is 1. The zero-order chi connectivity index (χ0) is 22.7. The van der Waals surface area contributed by atoms with Gasteiger partial charge in [0.2, 0.25) is 0 Å².